The predicted octanol–water partition coefficient (Wildman–Crippen LogP) is 1.88. The molecule has 0 bridgehead atoms. The molecule has 41 heavy (non-hydrogen) atoms. The van der Waals surface area contributed by atoms with Crippen molar-refractivity contribution in [3.63, 3.8) is 0 Å². The number of sulfone groups is 1. The third-order valence-corrected chi connectivity index (χ3v) is 9.04. The van der Waals surface area contributed by atoms with Gasteiger partial charge in [0, 0.05) is 50.3 Å². The lowest BCUT2D eigenvalue weighted by molar-refractivity contribution is -0.143. The molecule has 2 aromatic heterocycles. The number of nitrogens with zero attached hydrogens (tertiary/aromatic N) is 5. The quantitative estimate of drug-likeness (QED) is 0.411. The van der Waals surface area contributed by atoms with E-state index in [4.69, 9.17) is 15.8 Å². The summed E-state index contributed by atoms with van der Waals surface area (Å²) in [5, 5.41) is 7.67. The zero-order valence-electron chi connectivity index (χ0n) is 24.1. The minimum absolute atomic E-state index is 0.132. The van der Waals surface area contributed by atoms with Crippen LogP contribution in [0.15, 0.2) is 36.5 Å². The Morgan fingerprint density at radius 2 is 2.05 bits per heavy atom. The number of hydrogen-bond donors (Lipinski definition) is 2. The Hall–Kier alpha value is -3.51. The van der Waals surface area contributed by atoms with Crippen LogP contribution in [0.2, 0.25) is 0 Å². The standard InChI is InChI=1S/C29H39N7O4S/c1-5-24(23-15-25-31-27(19(2)16-36(25)33-23)35-14-12-21(30)17-35)34(3)28(38)29(32-26(37)18-41(4,39)40)13-8-10-20-9-6-7-11-22(20)29/h6-7,9,11,15-16,21,24H,5,8,10,12-14,17-18,30H2,1-4H3,(H,32,37)/t21-,24-,29?/m0/s1. The molecule has 1 aliphatic carbocycles. The van der Waals surface area contributed by atoms with Crippen LogP contribution in [0.4, 0.5) is 5.82 Å². The summed E-state index contributed by atoms with van der Waals surface area (Å²) in [5.41, 5.74) is 8.78. The highest BCUT2D eigenvalue weighted by Gasteiger charge is 2.47. The normalized spacial score (nSPS) is 21.5. The van der Waals surface area contributed by atoms with Gasteiger partial charge in [0.2, 0.25) is 5.91 Å². The maximum atomic E-state index is 14.5. The number of benzene rings is 1. The average molecular weight is 582 g/mol. The van der Waals surface area contributed by atoms with Crippen LogP contribution in [0.1, 0.15) is 61.0 Å². The molecule has 1 saturated heterocycles. The van der Waals surface area contributed by atoms with Crippen molar-refractivity contribution in [3.8, 4) is 0 Å². The topological polar surface area (TPSA) is 143 Å². The van der Waals surface area contributed by atoms with Gasteiger partial charge in [-0.15, -0.1) is 0 Å². The minimum Gasteiger partial charge on any atom is -0.355 e. The molecule has 2 aliphatic rings. The van der Waals surface area contributed by atoms with Gasteiger partial charge >= 0.3 is 0 Å². The molecule has 220 valence electrons. The van der Waals surface area contributed by atoms with Crippen LogP contribution in [0.5, 0.6) is 0 Å². The highest BCUT2D eigenvalue weighted by Crippen LogP contribution is 2.39. The first-order valence-electron chi connectivity index (χ1n) is 14.1. The molecule has 0 saturated carbocycles. The average Bonchev–Trinajstić information content (AvgIpc) is 3.52. The highest BCUT2D eigenvalue weighted by molar-refractivity contribution is 7.91. The van der Waals surface area contributed by atoms with Crippen LogP contribution < -0.4 is 16.0 Å². The Balaban J connectivity index is 1.50. The molecule has 1 aromatic carbocycles. The van der Waals surface area contributed by atoms with Crippen molar-refractivity contribution >= 4 is 33.1 Å². The van der Waals surface area contributed by atoms with E-state index in [9.17, 15) is 18.0 Å². The summed E-state index contributed by atoms with van der Waals surface area (Å²) in [7, 11) is -1.87. The number of nitrogens with two attached hydrogens (primary N) is 1. The minimum atomic E-state index is -3.59. The monoisotopic (exact) mass is 581 g/mol. The molecule has 2 amide bonds. The largest absolute Gasteiger partial charge is 0.355 e. The van der Waals surface area contributed by atoms with Crippen molar-refractivity contribution in [2.45, 2.75) is 63.6 Å². The Bertz CT molecular complexity index is 1590. The smallest absolute Gasteiger partial charge is 0.253 e. The molecular weight excluding hydrogens is 542 g/mol. The first-order valence-corrected chi connectivity index (χ1v) is 16.2. The van der Waals surface area contributed by atoms with Gasteiger partial charge in [-0.25, -0.2) is 17.9 Å². The molecule has 1 fully saturated rings. The third kappa shape index (κ3) is 5.67. The zero-order chi connectivity index (χ0) is 29.5. The number of nitrogens with one attached hydrogen (secondary N) is 1. The number of aryl methyl sites for hydroxylation is 2. The van der Waals surface area contributed by atoms with Crippen molar-refractivity contribution in [2.75, 3.05) is 37.0 Å². The SMILES string of the molecule is CC[C@@H](c1cc2nc(N3CC[C@H](N)C3)c(C)cn2n1)N(C)C(=O)C1(NC(=O)CS(C)(=O)=O)CCCc2ccccc21. The van der Waals surface area contributed by atoms with E-state index in [0.717, 1.165) is 49.1 Å². The highest BCUT2D eigenvalue weighted by atomic mass is 32.2. The molecule has 1 unspecified atom stereocenters. The van der Waals surface area contributed by atoms with Crippen LogP contribution in [0.25, 0.3) is 5.65 Å². The summed E-state index contributed by atoms with van der Waals surface area (Å²) in [5.74, 6) is -0.792. The molecule has 3 N–H and O–H groups in total. The molecule has 5 rings (SSSR count). The molecule has 11 nitrogen and oxygen atoms in total. The molecular formula is C29H39N7O4S. The summed E-state index contributed by atoms with van der Waals surface area (Å²) in [6, 6.07) is 9.20. The Morgan fingerprint density at radius 1 is 1.29 bits per heavy atom. The second kappa shape index (κ2) is 11.1. The Morgan fingerprint density at radius 3 is 2.73 bits per heavy atom. The maximum absolute atomic E-state index is 14.5. The van der Waals surface area contributed by atoms with Gasteiger partial charge in [-0.05, 0) is 50.2 Å². The second-order valence-corrected chi connectivity index (χ2v) is 13.6. The van der Waals surface area contributed by atoms with Crippen molar-refractivity contribution in [3.05, 3.63) is 58.9 Å². The zero-order valence-corrected chi connectivity index (χ0v) is 24.9. The number of amides is 2. The Labute approximate surface area is 241 Å². The number of carbonyl (C=O) groups is 2. The van der Waals surface area contributed by atoms with Crippen LogP contribution in [0.3, 0.4) is 0 Å². The number of carbonyl (C=O) groups excluding carboxylic acids is 2. The van der Waals surface area contributed by atoms with E-state index >= 15 is 0 Å². The van der Waals surface area contributed by atoms with Gasteiger partial charge in [0.15, 0.2) is 15.5 Å². The van der Waals surface area contributed by atoms with Crippen LogP contribution in [-0.2, 0) is 31.4 Å². The number of hydrogen-bond acceptors (Lipinski definition) is 8. The van der Waals surface area contributed by atoms with Gasteiger partial charge in [0.25, 0.3) is 5.91 Å². The lowest BCUT2D eigenvalue weighted by Gasteiger charge is -2.42. The molecule has 3 aromatic rings. The number of rotatable bonds is 8. The van der Waals surface area contributed by atoms with E-state index in [1.807, 2.05) is 50.4 Å². The summed E-state index contributed by atoms with van der Waals surface area (Å²) >= 11 is 0. The number of fused-ring (bicyclic) bond motifs is 2. The molecule has 12 heteroatoms. The van der Waals surface area contributed by atoms with Crippen LogP contribution >= 0.6 is 0 Å². The fourth-order valence-corrected chi connectivity index (χ4v) is 6.91. The van der Waals surface area contributed by atoms with Gasteiger partial charge < -0.3 is 20.9 Å². The summed E-state index contributed by atoms with van der Waals surface area (Å²) in [6.45, 7) is 5.60. The molecule has 0 radical (unpaired) electrons. The van der Waals surface area contributed by atoms with Crippen molar-refractivity contribution in [1.82, 2.24) is 24.8 Å². The molecule has 0 spiro atoms. The van der Waals surface area contributed by atoms with Gasteiger partial charge in [-0.2, -0.15) is 5.10 Å². The number of aromatic nitrogens is 3. The van der Waals surface area contributed by atoms with Crippen LogP contribution in [-0.4, -0.2) is 77.9 Å². The third-order valence-electron chi connectivity index (χ3n) is 8.25. The van der Waals surface area contributed by atoms with E-state index in [1.165, 1.54) is 0 Å². The van der Waals surface area contributed by atoms with Gasteiger partial charge in [0.1, 0.15) is 17.1 Å². The van der Waals surface area contributed by atoms with E-state index in [0.29, 0.717) is 36.2 Å². The van der Waals surface area contributed by atoms with Crippen LogP contribution in [0, 0.1) is 6.92 Å². The van der Waals surface area contributed by atoms with Gasteiger partial charge in [-0.3, -0.25) is 9.59 Å². The summed E-state index contributed by atoms with van der Waals surface area (Å²) < 4.78 is 25.6. The molecule has 1 aliphatic heterocycles. The first kappa shape index (κ1) is 29.0. The van der Waals surface area contributed by atoms with E-state index in [-0.39, 0.29) is 11.9 Å². The van der Waals surface area contributed by atoms with Crippen molar-refractivity contribution < 1.29 is 18.0 Å². The summed E-state index contributed by atoms with van der Waals surface area (Å²) in [6.07, 6.45) is 6.28. The van der Waals surface area contributed by atoms with Gasteiger partial charge in [-0.1, -0.05) is 31.2 Å². The predicted molar refractivity (Wildman–Crippen MR) is 157 cm³/mol. The fraction of sp³-hybridized carbons (Fsp3) is 0.517. The van der Waals surface area contributed by atoms with Crippen molar-refractivity contribution in [1.29, 1.82) is 0 Å². The Kier molecular flexibility index (Phi) is 7.82. The summed E-state index contributed by atoms with van der Waals surface area (Å²) in [4.78, 5) is 36.2. The molecule has 3 heterocycles. The van der Waals surface area contributed by atoms with Crippen molar-refractivity contribution in [2.24, 2.45) is 5.73 Å². The van der Waals surface area contributed by atoms with E-state index in [2.05, 4.69) is 10.2 Å². The number of likely N-dealkylation sites (N-methyl/N-ethyl adjacent to an activating group) is 1. The number of anilines is 1. The first-order chi connectivity index (χ1) is 19.4. The maximum Gasteiger partial charge on any atom is 0.253 e. The lowest BCUT2D eigenvalue weighted by atomic mass is 9.75. The fourth-order valence-electron chi connectivity index (χ4n) is 6.36. The lowest BCUT2D eigenvalue weighted by Crippen LogP contribution is -2.59. The van der Waals surface area contributed by atoms with Gasteiger partial charge in [0.05, 0.1) is 11.7 Å². The second-order valence-electron chi connectivity index (χ2n) is 11.5. The molecule has 3 atom stereocenters. The van der Waals surface area contributed by atoms with E-state index in [1.54, 1.807) is 16.5 Å². The van der Waals surface area contributed by atoms with E-state index < -0.39 is 33.1 Å².